The van der Waals surface area contributed by atoms with Crippen molar-refractivity contribution >= 4 is 0 Å². The lowest BCUT2D eigenvalue weighted by atomic mass is 9.35. The van der Waals surface area contributed by atoms with Crippen LogP contribution in [0.5, 0.6) is 0 Å². The highest BCUT2D eigenvalue weighted by Crippen LogP contribution is 2.81. The van der Waals surface area contributed by atoms with Crippen molar-refractivity contribution in [1.82, 2.24) is 0 Å². The van der Waals surface area contributed by atoms with E-state index < -0.39 is 128 Å². The lowest BCUT2D eigenvalue weighted by molar-refractivity contribution is -0.398. The molecule has 18 heteroatoms. The third kappa shape index (κ3) is 7.32. The average Bonchev–Trinajstić information content (AvgIpc) is 3.87. The number of aliphatic hydroxyl groups excluding tert-OH is 9. The number of fused-ring (bicyclic) bond motifs is 4. The molecule has 26 atom stereocenters. The van der Waals surface area contributed by atoms with Gasteiger partial charge in [-0.1, -0.05) is 39.3 Å². The number of ether oxygens (including phenoxy) is 8. The van der Waals surface area contributed by atoms with Gasteiger partial charge >= 0.3 is 0 Å². The monoisotopic (exact) mass is 943 g/mol. The molecule has 0 aromatic carbocycles. The largest absolute Gasteiger partial charge is 0.394 e. The van der Waals surface area contributed by atoms with E-state index in [4.69, 9.17) is 37.9 Å². The van der Waals surface area contributed by atoms with Gasteiger partial charge < -0.3 is 89.0 Å². The van der Waals surface area contributed by atoms with Gasteiger partial charge in [0, 0.05) is 17.8 Å². The molecule has 66 heavy (non-hydrogen) atoms. The molecule has 5 saturated heterocycles. The summed E-state index contributed by atoms with van der Waals surface area (Å²) in [5, 5.41) is 109. The van der Waals surface area contributed by atoms with E-state index in [1.807, 2.05) is 6.92 Å². The Kier molecular flexibility index (Phi) is 13.1. The van der Waals surface area contributed by atoms with Crippen LogP contribution in [-0.2, 0) is 37.9 Å². The normalized spacial score (nSPS) is 57.4. The van der Waals surface area contributed by atoms with Gasteiger partial charge in [-0.2, -0.15) is 0 Å². The molecule has 0 amide bonds. The average molecular weight is 943 g/mol. The van der Waals surface area contributed by atoms with E-state index in [2.05, 4.69) is 47.6 Å². The third-order valence-electron chi connectivity index (χ3n) is 19.3. The molecule has 2 bridgehead atoms. The number of allylic oxidation sites excluding steroid dienone is 1. The van der Waals surface area contributed by atoms with Crippen molar-refractivity contribution in [1.29, 1.82) is 0 Å². The van der Waals surface area contributed by atoms with Crippen LogP contribution in [0, 0.1) is 45.3 Å². The van der Waals surface area contributed by atoms with Crippen molar-refractivity contribution in [3.05, 3.63) is 11.6 Å². The van der Waals surface area contributed by atoms with E-state index in [9.17, 15) is 51.1 Å². The predicted molar refractivity (Wildman–Crippen MR) is 229 cm³/mol. The Morgan fingerprint density at radius 2 is 1.29 bits per heavy atom. The first-order chi connectivity index (χ1) is 30.9. The van der Waals surface area contributed by atoms with Crippen LogP contribution in [0.25, 0.3) is 0 Å². The minimum absolute atomic E-state index is 0.0887. The van der Waals surface area contributed by atoms with Crippen molar-refractivity contribution in [2.75, 3.05) is 19.8 Å². The predicted octanol–water partition coefficient (Wildman–Crippen LogP) is 0.355. The molecule has 0 radical (unpaired) electrons. The summed E-state index contributed by atoms with van der Waals surface area (Å²) in [4.78, 5) is 0. The first kappa shape index (κ1) is 50.0. The molecule has 18 nitrogen and oxygen atoms in total. The summed E-state index contributed by atoms with van der Waals surface area (Å²) in [6, 6.07) is 0. The van der Waals surface area contributed by atoms with Crippen LogP contribution in [0.3, 0.4) is 0 Å². The van der Waals surface area contributed by atoms with Crippen LogP contribution in [0.4, 0.5) is 0 Å². The first-order valence-corrected chi connectivity index (χ1v) is 24.5. The molecule has 4 saturated carbocycles. The molecule has 10 N–H and O–H groups in total. The summed E-state index contributed by atoms with van der Waals surface area (Å²) in [5.74, 6) is -0.143. The molecular weight excluding hydrogens is 865 g/mol. The molecule has 9 rings (SSSR count). The maximum atomic E-state index is 12.3. The van der Waals surface area contributed by atoms with Crippen molar-refractivity contribution in [3.63, 3.8) is 0 Å². The standard InChI is InChI=1S/C48H78O18/c1-21(2)9-12-29-46(8,58)39-23-10-11-27-44(6)15-14-28(43(4,5)26(44)13-16-45(27,7)47(23)19-48(39,66-29)59-20-47)63-42-38(65-40-35(56)33(54)30(51)22(3)60-40)37(32(53)25(18-50)62-42)64-41-36(57)34(55)31(52)24(17-49)61-41/h9,22-42,49-58H,10-20H2,1-8H3/t22-,23+,24+,25+,26-,27+,28?,29-,30-,31+,32-,33+,34-,35+,36+,37-,38+,39-,40-,41-,42-,44-,45+,46-,47-,48-/m0/s1. The Morgan fingerprint density at radius 1 is 0.667 bits per heavy atom. The fourth-order valence-corrected chi connectivity index (χ4v) is 15.9. The summed E-state index contributed by atoms with van der Waals surface area (Å²) in [6.07, 6.45) is -15.6. The molecule has 5 heterocycles. The lowest BCUT2D eigenvalue weighted by Gasteiger charge is -2.70. The zero-order valence-corrected chi connectivity index (χ0v) is 39.7. The first-order valence-electron chi connectivity index (χ1n) is 24.5. The summed E-state index contributed by atoms with van der Waals surface area (Å²) in [6.45, 7) is 16.1. The minimum atomic E-state index is -1.86. The van der Waals surface area contributed by atoms with Gasteiger partial charge in [0.2, 0.25) is 0 Å². The lowest BCUT2D eigenvalue weighted by Crippen LogP contribution is -2.68. The summed E-state index contributed by atoms with van der Waals surface area (Å²) < 4.78 is 51.1. The summed E-state index contributed by atoms with van der Waals surface area (Å²) in [5.41, 5.74) is -0.692. The molecule has 9 aliphatic rings. The Morgan fingerprint density at radius 3 is 1.95 bits per heavy atom. The fourth-order valence-electron chi connectivity index (χ4n) is 15.9. The van der Waals surface area contributed by atoms with E-state index in [0.717, 1.165) is 38.5 Å². The van der Waals surface area contributed by atoms with Crippen LogP contribution in [0.15, 0.2) is 11.6 Å². The van der Waals surface area contributed by atoms with Crippen LogP contribution in [-0.4, -0.2) is 187 Å². The quantitative estimate of drug-likeness (QED) is 0.105. The summed E-state index contributed by atoms with van der Waals surface area (Å²) >= 11 is 0. The van der Waals surface area contributed by atoms with Gasteiger partial charge in [0.05, 0.1) is 43.7 Å². The highest BCUT2D eigenvalue weighted by molar-refractivity contribution is 5.28. The Balaban J connectivity index is 0.986. The molecule has 2 spiro atoms. The molecule has 1 unspecified atom stereocenters. The Bertz CT molecular complexity index is 1790. The van der Waals surface area contributed by atoms with Crippen molar-refractivity contribution in [2.45, 2.75) is 222 Å². The van der Waals surface area contributed by atoms with Crippen molar-refractivity contribution < 1.29 is 89.0 Å². The maximum Gasteiger partial charge on any atom is 0.187 e. The number of hydrogen-bond donors (Lipinski definition) is 10. The van der Waals surface area contributed by atoms with Crippen LogP contribution < -0.4 is 0 Å². The highest BCUT2D eigenvalue weighted by atomic mass is 16.8. The second-order valence-corrected chi connectivity index (χ2v) is 23.3. The summed E-state index contributed by atoms with van der Waals surface area (Å²) in [7, 11) is 0. The number of aliphatic hydroxyl groups is 10. The van der Waals surface area contributed by atoms with Crippen LogP contribution in [0.1, 0.15) is 107 Å². The van der Waals surface area contributed by atoms with Gasteiger partial charge in [0.25, 0.3) is 0 Å². The van der Waals surface area contributed by atoms with Gasteiger partial charge in [-0.05, 0) is 107 Å². The van der Waals surface area contributed by atoms with Gasteiger partial charge in [-0.25, -0.2) is 0 Å². The zero-order chi connectivity index (χ0) is 47.8. The SMILES string of the molecule is CC(C)=CC[C@@H]1O[C@]23C[C@]4(CO2)[C@H](CC[C@@H]2[C@@]5(C)CCC(O[C@@H]6O[C@H](CO)[C@H](O)[C@H](O[C@@H]7O[C@H](CO)[C@@H](O)[C@H](O)[C@H]7O)[C@H]6O[C@@H]6O[C@@H](C)[C@H](O)[C@@H](O)[C@H]6O)C(C)(C)[C@@H]5CC[C@]24C)[C@H]3[C@@]1(C)O. The maximum absolute atomic E-state index is 12.3. The van der Waals surface area contributed by atoms with Crippen LogP contribution >= 0.6 is 0 Å². The Labute approximate surface area is 387 Å². The van der Waals surface area contributed by atoms with Gasteiger partial charge in [0.1, 0.15) is 67.1 Å². The van der Waals surface area contributed by atoms with Crippen LogP contribution in [0.2, 0.25) is 0 Å². The topological polar surface area (TPSA) is 276 Å². The minimum Gasteiger partial charge on any atom is -0.394 e. The van der Waals surface area contributed by atoms with E-state index in [-0.39, 0.29) is 40.1 Å². The third-order valence-corrected chi connectivity index (χ3v) is 19.3. The van der Waals surface area contributed by atoms with E-state index >= 15 is 0 Å². The van der Waals surface area contributed by atoms with E-state index in [0.29, 0.717) is 25.4 Å². The van der Waals surface area contributed by atoms with Gasteiger partial charge in [-0.3, -0.25) is 0 Å². The van der Waals surface area contributed by atoms with E-state index in [1.54, 1.807) is 0 Å². The molecule has 378 valence electrons. The molecule has 0 aromatic rings. The second-order valence-electron chi connectivity index (χ2n) is 23.3. The number of rotatable bonds is 10. The highest BCUT2D eigenvalue weighted by Gasteiger charge is 2.82. The molecular formula is C48H78O18. The molecule has 0 aromatic heterocycles. The second kappa shape index (κ2) is 17.4. The van der Waals surface area contributed by atoms with E-state index in [1.165, 1.54) is 12.5 Å². The molecule has 4 aliphatic carbocycles. The molecule has 5 aliphatic heterocycles. The number of hydrogen-bond acceptors (Lipinski definition) is 18. The fraction of sp³-hybridized carbons (Fsp3) is 0.958. The van der Waals surface area contributed by atoms with Gasteiger partial charge in [-0.15, -0.1) is 0 Å². The molecule has 9 fully saturated rings. The zero-order valence-electron chi connectivity index (χ0n) is 39.7. The van der Waals surface area contributed by atoms with Crippen molar-refractivity contribution in [2.24, 2.45) is 45.3 Å². The van der Waals surface area contributed by atoms with Gasteiger partial charge in [0.15, 0.2) is 24.7 Å². The Hall–Kier alpha value is -0.980. The smallest absolute Gasteiger partial charge is 0.187 e. The van der Waals surface area contributed by atoms with Crippen molar-refractivity contribution in [3.8, 4) is 0 Å².